The van der Waals surface area contributed by atoms with Gasteiger partial charge in [-0.1, -0.05) is 13.3 Å². The molecule has 2 N–H and O–H groups in total. The van der Waals surface area contributed by atoms with Crippen molar-refractivity contribution in [1.82, 2.24) is 9.88 Å². The van der Waals surface area contributed by atoms with E-state index in [2.05, 4.69) is 4.98 Å². The number of aryl methyl sites for hydroxylation is 2. The molecule has 2 heterocycles. The smallest absolute Gasteiger partial charge is 0.227 e. The van der Waals surface area contributed by atoms with Gasteiger partial charge in [-0.25, -0.2) is 0 Å². The van der Waals surface area contributed by atoms with Crippen LogP contribution in [0.5, 0.6) is 0 Å². The highest BCUT2D eigenvalue weighted by Gasteiger charge is 2.42. The van der Waals surface area contributed by atoms with Crippen molar-refractivity contribution >= 4 is 5.91 Å². The van der Waals surface area contributed by atoms with Gasteiger partial charge in [-0.3, -0.25) is 9.78 Å². The summed E-state index contributed by atoms with van der Waals surface area (Å²) in [5.41, 5.74) is 2.22. The molecule has 0 saturated carbocycles. The Hall–Kier alpha value is -1.46. The molecule has 1 aliphatic heterocycles. The van der Waals surface area contributed by atoms with Gasteiger partial charge in [-0.05, 0) is 44.4 Å². The van der Waals surface area contributed by atoms with E-state index in [0.717, 1.165) is 29.8 Å². The van der Waals surface area contributed by atoms with Crippen LogP contribution in [0.15, 0.2) is 12.1 Å². The topological polar surface area (TPSA) is 73.7 Å². The summed E-state index contributed by atoms with van der Waals surface area (Å²) in [6.07, 6.45) is 1.93. The van der Waals surface area contributed by atoms with Gasteiger partial charge >= 0.3 is 0 Å². The van der Waals surface area contributed by atoms with Crippen LogP contribution < -0.4 is 0 Å². The molecule has 23 heavy (non-hydrogen) atoms. The van der Waals surface area contributed by atoms with Gasteiger partial charge in [-0.15, -0.1) is 0 Å². The molecule has 1 aliphatic rings. The minimum Gasteiger partial charge on any atom is -0.396 e. The summed E-state index contributed by atoms with van der Waals surface area (Å²) in [5.74, 6) is 0.0517. The molecule has 0 unspecified atom stereocenters. The third kappa shape index (κ3) is 4.09. The molecule has 1 amide bonds. The summed E-state index contributed by atoms with van der Waals surface area (Å²) in [7, 11) is 0. The van der Waals surface area contributed by atoms with Crippen LogP contribution in [0.1, 0.15) is 43.1 Å². The van der Waals surface area contributed by atoms with Crippen molar-refractivity contribution in [2.45, 2.75) is 52.6 Å². The van der Waals surface area contributed by atoms with E-state index in [0.29, 0.717) is 25.9 Å². The van der Waals surface area contributed by atoms with Gasteiger partial charge in [0.2, 0.25) is 5.91 Å². The van der Waals surface area contributed by atoms with Crippen LogP contribution in [0.25, 0.3) is 0 Å². The minimum absolute atomic E-state index is 0.0517. The van der Waals surface area contributed by atoms with Crippen LogP contribution in [0, 0.1) is 19.3 Å². The summed E-state index contributed by atoms with van der Waals surface area (Å²) in [6, 6.07) is 3.88. The maximum Gasteiger partial charge on any atom is 0.227 e. The van der Waals surface area contributed by atoms with Crippen LogP contribution in [-0.4, -0.2) is 51.8 Å². The lowest BCUT2D eigenvalue weighted by molar-refractivity contribution is -0.141. The maximum absolute atomic E-state index is 12.6. The zero-order valence-corrected chi connectivity index (χ0v) is 14.4. The fourth-order valence-corrected chi connectivity index (χ4v) is 3.65. The number of piperidine rings is 1. The quantitative estimate of drug-likeness (QED) is 0.864. The molecule has 2 rings (SSSR count). The highest BCUT2D eigenvalue weighted by atomic mass is 16.3. The number of rotatable bonds is 5. The van der Waals surface area contributed by atoms with Crippen LogP contribution in [0.3, 0.4) is 0 Å². The molecule has 1 fully saturated rings. The molecule has 128 valence electrons. The Morgan fingerprint density at radius 1 is 1.39 bits per heavy atom. The largest absolute Gasteiger partial charge is 0.396 e. The first-order valence-corrected chi connectivity index (χ1v) is 8.41. The van der Waals surface area contributed by atoms with Crippen molar-refractivity contribution in [3.05, 3.63) is 29.1 Å². The minimum atomic E-state index is -0.577. The predicted octanol–water partition coefficient (Wildman–Crippen LogP) is 1.61. The lowest BCUT2D eigenvalue weighted by Crippen LogP contribution is -2.55. The number of carbonyl (C=O) groups excluding carboxylic acids is 1. The Balaban J connectivity index is 2.10. The van der Waals surface area contributed by atoms with E-state index in [-0.39, 0.29) is 12.5 Å². The Morgan fingerprint density at radius 2 is 2.04 bits per heavy atom. The van der Waals surface area contributed by atoms with Crippen molar-refractivity contribution in [3.8, 4) is 0 Å². The molecular weight excluding hydrogens is 292 g/mol. The second kappa shape index (κ2) is 7.41. The van der Waals surface area contributed by atoms with Crippen LogP contribution in [-0.2, 0) is 11.2 Å². The second-order valence-electron chi connectivity index (χ2n) is 6.83. The van der Waals surface area contributed by atoms with E-state index >= 15 is 0 Å². The molecule has 0 aromatic carbocycles. The average Bonchev–Trinajstić information content (AvgIpc) is 2.48. The Labute approximate surface area is 138 Å². The SMILES string of the molecule is CCC[C@@]1(CO)CN(C(=O)Cc2cc(C)nc(C)c2)CC[C@H]1O. The number of pyridine rings is 1. The van der Waals surface area contributed by atoms with Crippen molar-refractivity contribution in [3.63, 3.8) is 0 Å². The first-order chi connectivity index (χ1) is 10.9. The van der Waals surface area contributed by atoms with Crippen molar-refractivity contribution < 1.29 is 15.0 Å². The summed E-state index contributed by atoms with van der Waals surface area (Å²) in [5, 5.41) is 20.1. The average molecular weight is 320 g/mol. The van der Waals surface area contributed by atoms with E-state index in [1.807, 2.05) is 32.9 Å². The number of nitrogens with zero attached hydrogens (tertiary/aromatic N) is 2. The molecule has 1 aromatic heterocycles. The highest BCUT2D eigenvalue weighted by Crippen LogP contribution is 2.34. The highest BCUT2D eigenvalue weighted by molar-refractivity contribution is 5.79. The van der Waals surface area contributed by atoms with Crippen LogP contribution >= 0.6 is 0 Å². The molecule has 2 atom stereocenters. The molecule has 1 aromatic rings. The summed E-state index contributed by atoms with van der Waals surface area (Å²) in [6.45, 7) is 6.79. The molecule has 0 bridgehead atoms. The molecule has 5 heteroatoms. The molecule has 0 radical (unpaired) electrons. The zero-order valence-electron chi connectivity index (χ0n) is 14.4. The van der Waals surface area contributed by atoms with Crippen LogP contribution in [0.4, 0.5) is 0 Å². The Bertz CT molecular complexity index is 541. The molecule has 1 saturated heterocycles. The predicted molar refractivity (Wildman–Crippen MR) is 89.0 cm³/mol. The van der Waals surface area contributed by atoms with Gasteiger partial charge in [-0.2, -0.15) is 0 Å². The monoisotopic (exact) mass is 320 g/mol. The fourth-order valence-electron chi connectivity index (χ4n) is 3.65. The fraction of sp³-hybridized carbons (Fsp3) is 0.667. The Morgan fingerprint density at radius 3 is 2.61 bits per heavy atom. The summed E-state index contributed by atoms with van der Waals surface area (Å²) < 4.78 is 0. The van der Waals surface area contributed by atoms with Gasteiger partial charge in [0, 0.05) is 29.9 Å². The van der Waals surface area contributed by atoms with E-state index in [4.69, 9.17) is 0 Å². The standard InChI is InChI=1S/C18H28N2O3/c1-4-6-18(12-21)11-20(7-5-16(18)22)17(23)10-15-8-13(2)19-14(3)9-15/h8-9,16,21-22H,4-7,10-12H2,1-3H3/t16-,18+/m1/s1. The van der Waals surface area contributed by atoms with Gasteiger partial charge in [0.05, 0.1) is 19.1 Å². The summed E-state index contributed by atoms with van der Waals surface area (Å²) in [4.78, 5) is 18.8. The van der Waals surface area contributed by atoms with Crippen molar-refractivity contribution in [2.75, 3.05) is 19.7 Å². The lowest BCUT2D eigenvalue weighted by Gasteiger charge is -2.45. The molecule has 0 spiro atoms. The number of aliphatic hydroxyl groups excluding tert-OH is 2. The number of aliphatic hydroxyl groups is 2. The number of aromatic nitrogens is 1. The lowest BCUT2D eigenvalue weighted by atomic mass is 9.74. The molecule has 5 nitrogen and oxygen atoms in total. The van der Waals surface area contributed by atoms with Gasteiger partial charge in [0.25, 0.3) is 0 Å². The van der Waals surface area contributed by atoms with Crippen molar-refractivity contribution in [1.29, 1.82) is 0 Å². The third-order valence-electron chi connectivity index (χ3n) is 4.80. The third-order valence-corrected chi connectivity index (χ3v) is 4.80. The maximum atomic E-state index is 12.6. The van der Waals surface area contributed by atoms with Gasteiger partial charge in [0.1, 0.15) is 0 Å². The summed E-state index contributed by atoms with van der Waals surface area (Å²) >= 11 is 0. The number of amides is 1. The van der Waals surface area contributed by atoms with Crippen LogP contribution in [0.2, 0.25) is 0 Å². The zero-order chi connectivity index (χ0) is 17.0. The second-order valence-corrected chi connectivity index (χ2v) is 6.83. The normalized spacial score (nSPS) is 24.7. The van der Waals surface area contributed by atoms with Gasteiger partial charge < -0.3 is 15.1 Å². The number of hydrogen-bond acceptors (Lipinski definition) is 4. The van der Waals surface area contributed by atoms with Gasteiger partial charge in [0.15, 0.2) is 0 Å². The first kappa shape index (κ1) is 17.9. The van der Waals surface area contributed by atoms with E-state index < -0.39 is 11.5 Å². The number of hydrogen-bond donors (Lipinski definition) is 2. The molecule has 0 aliphatic carbocycles. The van der Waals surface area contributed by atoms with E-state index in [9.17, 15) is 15.0 Å². The first-order valence-electron chi connectivity index (χ1n) is 8.41. The van der Waals surface area contributed by atoms with E-state index in [1.54, 1.807) is 4.90 Å². The number of likely N-dealkylation sites (tertiary alicyclic amines) is 1. The molecular formula is C18H28N2O3. The van der Waals surface area contributed by atoms with E-state index in [1.165, 1.54) is 0 Å². The van der Waals surface area contributed by atoms with Crippen molar-refractivity contribution in [2.24, 2.45) is 5.41 Å². The number of carbonyl (C=O) groups is 1. The Kier molecular flexibility index (Phi) is 5.76.